The van der Waals surface area contributed by atoms with Crippen molar-refractivity contribution in [1.29, 1.82) is 0 Å². The van der Waals surface area contributed by atoms with Gasteiger partial charge in [0.1, 0.15) is 12.6 Å². The monoisotopic (exact) mass is 415 g/mol. The smallest absolute Gasteiger partial charge is 0.411 e. The summed E-state index contributed by atoms with van der Waals surface area (Å²) in [5, 5.41) is 2.84. The number of rotatable bonds is 4. The van der Waals surface area contributed by atoms with E-state index in [4.69, 9.17) is 4.74 Å². The highest BCUT2D eigenvalue weighted by Crippen LogP contribution is 2.38. The zero-order valence-corrected chi connectivity index (χ0v) is 17.3. The number of nitrogens with zero attached hydrogens (tertiary/aromatic N) is 2. The van der Waals surface area contributed by atoms with Gasteiger partial charge in [0.15, 0.2) is 0 Å². The number of hydrogen-bond donors (Lipinski definition) is 1. The Morgan fingerprint density at radius 1 is 0.935 bits per heavy atom. The molecular weight excluding hydrogens is 390 g/mol. The summed E-state index contributed by atoms with van der Waals surface area (Å²) in [6, 6.07) is 17.6. The van der Waals surface area contributed by atoms with Crippen LogP contribution in [0.3, 0.4) is 0 Å². The van der Waals surface area contributed by atoms with Gasteiger partial charge >= 0.3 is 6.09 Å². The molecule has 3 aromatic rings. The van der Waals surface area contributed by atoms with Gasteiger partial charge in [-0.3, -0.25) is 15.0 Å². The number of anilines is 3. The van der Waals surface area contributed by atoms with Crippen molar-refractivity contribution >= 4 is 29.1 Å². The zero-order chi connectivity index (χ0) is 21.2. The molecule has 2 aromatic carbocycles. The molecule has 6 heteroatoms. The largest absolute Gasteiger partial charge is 0.446 e. The second-order valence-corrected chi connectivity index (χ2v) is 8.14. The average molecular weight is 415 g/mol. The quantitative estimate of drug-likeness (QED) is 0.648. The summed E-state index contributed by atoms with van der Waals surface area (Å²) in [6.45, 7) is 0.238. The minimum Gasteiger partial charge on any atom is -0.446 e. The van der Waals surface area contributed by atoms with E-state index < -0.39 is 6.09 Å². The van der Waals surface area contributed by atoms with Crippen LogP contribution in [0.1, 0.15) is 30.4 Å². The maximum atomic E-state index is 13.5. The molecule has 2 heterocycles. The van der Waals surface area contributed by atoms with E-state index in [1.54, 1.807) is 4.90 Å². The average Bonchev–Trinajstić information content (AvgIpc) is 3.18. The van der Waals surface area contributed by atoms with E-state index in [0.717, 1.165) is 54.6 Å². The van der Waals surface area contributed by atoms with Crippen LogP contribution in [0.4, 0.5) is 21.9 Å². The molecule has 0 atom stereocenters. The zero-order valence-electron chi connectivity index (χ0n) is 17.3. The maximum absolute atomic E-state index is 13.5. The van der Waals surface area contributed by atoms with Crippen molar-refractivity contribution in [1.82, 2.24) is 4.57 Å². The van der Waals surface area contributed by atoms with Gasteiger partial charge in [0, 0.05) is 18.1 Å². The number of carbonyl (C=O) groups excluding carboxylic acids is 2. The van der Waals surface area contributed by atoms with Gasteiger partial charge in [-0.25, -0.2) is 4.79 Å². The summed E-state index contributed by atoms with van der Waals surface area (Å²) in [6.07, 6.45) is 7.99. The SMILES string of the molecule is O=C(Nc1ccc2c(c1)N(C(=O)Cn1cccc1)c1ccccc1CC2)OC1CCC1. The number of aromatic nitrogens is 1. The molecule has 6 nitrogen and oxygen atoms in total. The van der Waals surface area contributed by atoms with E-state index in [2.05, 4.69) is 11.4 Å². The van der Waals surface area contributed by atoms with E-state index >= 15 is 0 Å². The Kier molecular flexibility index (Phi) is 5.20. The molecule has 1 fully saturated rings. The molecule has 158 valence electrons. The van der Waals surface area contributed by atoms with Gasteiger partial charge in [-0.05, 0) is 73.6 Å². The molecule has 0 unspecified atom stereocenters. The number of aryl methyl sites for hydroxylation is 2. The molecule has 0 spiro atoms. The highest BCUT2D eigenvalue weighted by molar-refractivity contribution is 6.03. The van der Waals surface area contributed by atoms with Crippen molar-refractivity contribution in [2.24, 2.45) is 0 Å². The van der Waals surface area contributed by atoms with Crippen molar-refractivity contribution in [2.75, 3.05) is 10.2 Å². The van der Waals surface area contributed by atoms with Crippen LogP contribution < -0.4 is 10.2 Å². The van der Waals surface area contributed by atoms with Gasteiger partial charge in [-0.1, -0.05) is 24.3 Å². The Bertz CT molecular complexity index is 1100. The Morgan fingerprint density at radius 3 is 2.42 bits per heavy atom. The molecular formula is C25H25N3O3. The van der Waals surface area contributed by atoms with E-state index in [9.17, 15) is 9.59 Å². The van der Waals surface area contributed by atoms with Gasteiger partial charge in [0.25, 0.3) is 5.91 Å². The van der Waals surface area contributed by atoms with E-state index in [0.29, 0.717) is 5.69 Å². The van der Waals surface area contributed by atoms with Crippen LogP contribution in [0.25, 0.3) is 0 Å². The fourth-order valence-corrected chi connectivity index (χ4v) is 4.16. The minimum atomic E-state index is -0.441. The Balaban J connectivity index is 1.48. The number of amides is 2. The van der Waals surface area contributed by atoms with Gasteiger partial charge in [0.05, 0.1) is 11.4 Å². The number of ether oxygens (including phenoxy) is 1. The third-order valence-corrected chi connectivity index (χ3v) is 6.03. The van der Waals surface area contributed by atoms with Crippen LogP contribution in [0, 0.1) is 0 Å². The summed E-state index contributed by atoms with van der Waals surface area (Å²) in [5.41, 5.74) is 4.55. The van der Waals surface area contributed by atoms with Gasteiger partial charge in [-0.15, -0.1) is 0 Å². The van der Waals surface area contributed by atoms with Crippen molar-refractivity contribution in [2.45, 2.75) is 44.8 Å². The van der Waals surface area contributed by atoms with Crippen molar-refractivity contribution < 1.29 is 14.3 Å². The van der Waals surface area contributed by atoms with Crippen LogP contribution in [-0.2, 0) is 28.9 Å². The topological polar surface area (TPSA) is 63.6 Å². The molecule has 1 aliphatic heterocycles. The predicted molar refractivity (Wildman–Crippen MR) is 120 cm³/mol. The van der Waals surface area contributed by atoms with Gasteiger partial charge < -0.3 is 9.30 Å². The molecule has 0 radical (unpaired) electrons. The second kappa shape index (κ2) is 8.30. The highest BCUT2D eigenvalue weighted by Gasteiger charge is 2.27. The van der Waals surface area contributed by atoms with Gasteiger partial charge in [0.2, 0.25) is 0 Å². The first kappa shape index (κ1) is 19.4. The number of benzene rings is 2. The molecule has 2 amide bonds. The van der Waals surface area contributed by atoms with E-state index in [1.165, 1.54) is 0 Å². The predicted octanol–water partition coefficient (Wildman–Crippen LogP) is 5.05. The lowest BCUT2D eigenvalue weighted by atomic mass is 9.96. The Labute approximate surface area is 181 Å². The van der Waals surface area contributed by atoms with Crippen molar-refractivity contribution in [3.05, 3.63) is 78.1 Å². The number of para-hydroxylation sites is 1. The lowest BCUT2D eigenvalue weighted by Crippen LogP contribution is -2.30. The first-order valence-corrected chi connectivity index (χ1v) is 10.8. The van der Waals surface area contributed by atoms with E-state index in [1.807, 2.05) is 65.5 Å². The summed E-state index contributed by atoms with van der Waals surface area (Å²) in [4.78, 5) is 27.5. The molecule has 31 heavy (non-hydrogen) atoms. The van der Waals surface area contributed by atoms with Gasteiger partial charge in [-0.2, -0.15) is 0 Å². The first-order chi connectivity index (χ1) is 15.2. The minimum absolute atomic E-state index is 0.0207. The van der Waals surface area contributed by atoms with Crippen LogP contribution >= 0.6 is 0 Å². The van der Waals surface area contributed by atoms with Crippen molar-refractivity contribution in [3.63, 3.8) is 0 Å². The molecule has 1 aliphatic carbocycles. The standard InChI is InChI=1S/C25H25N3O3/c29-24(17-27-14-3-4-15-27)28-22-9-2-1-6-18(22)10-11-19-12-13-20(16-23(19)28)26-25(30)31-21-7-5-8-21/h1-4,6,9,12-16,21H,5,7-8,10-11,17H2,(H,26,30). The maximum Gasteiger partial charge on any atom is 0.411 e. The lowest BCUT2D eigenvalue weighted by Gasteiger charge is -2.27. The summed E-state index contributed by atoms with van der Waals surface area (Å²) < 4.78 is 7.29. The Hall–Kier alpha value is -3.54. The number of nitrogens with one attached hydrogen (secondary N) is 1. The Morgan fingerprint density at radius 2 is 1.68 bits per heavy atom. The van der Waals surface area contributed by atoms with Crippen molar-refractivity contribution in [3.8, 4) is 0 Å². The van der Waals surface area contributed by atoms with Crippen LogP contribution in [0.2, 0.25) is 0 Å². The van der Waals surface area contributed by atoms with Crippen LogP contribution in [0.5, 0.6) is 0 Å². The molecule has 0 saturated heterocycles. The molecule has 1 saturated carbocycles. The lowest BCUT2D eigenvalue weighted by molar-refractivity contribution is -0.118. The second-order valence-electron chi connectivity index (χ2n) is 8.14. The fourth-order valence-electron chi connectivity index (χ4n) is 4.16. The van der Waals surface area contributed by atoms with Crippen LogP contribution in [0.15, 0.2) is 67.0 Å². The summed E-state index contributed by atoms with van der Waals surface area (Å²) in [7, 11) is 0. The normalized spacial score (nSPS) is 15.3. The third kappa shape index (κ3) is 4.06. The summed E-state index contributed by atoms with van der Waals surface area (Å²) >= 11 is 0. The number of hydrogen-bond acceptors (Lipinski definition) is 3. The van der Waals surface area contributed by atoms with E-state index in [-0.39, 0.29) is 18.6 Å². The number of fused-ring (bicyclic) bond motifs is 2. The fraction of sp³-hybridized carbons (Fsp3) is 0.280. The molecule has 2 aliphatic rings. The summed E-state index contributed by atoms with van der Waals surface area (Å²) in [5.74, 6) is -0.0269. The number of carbonyl (C=O) groups is 2. The molecule has 1 aromatic heterocycles. The first-order valence-electron chi connectivity index (χ1n) is 10.8. The molecule has 0 bridgehead atoms. The molecule has 5 rings (SSSR count). The molecule has 1 N–H and O–H groups in total. The van der Waals surface area contributed by atoms with Crippen LogP contribution in [-0.4, -0.2) is 22.7 Å². The highest BCUT2D eigenvalue weighted by atomic mass is 16.6. The third-order valence-electron chi connectivity index (χ3n) is 6.03.